The minimum Gasteiger partial charge on any atom is -0.344 e. The summed E-state index contributed by atoms with van der Waals surface area (Å²) in [6.45, 7) is 13.3. The van der Waals surface area contributed by atoms with Crippen molar-refractivity contribution in [2.45, 2.75) is 70.7 Å². The monoisotopic (exact) mass is 827 g/mol. The fourth-order valence-electron chi connectivity index (χ4n) is 6.42. The Balaban J connectivity index is 0.000000157. The fraction of sp³-hybridized carbons (Fsp3) is 0.222. The minimum absolute atomic E-state index is 0.0848. The van der Waals surface area contributed by atoms with Crippen LogP contribution in [0.2, 0.25) is 0 Å². The molecule has 0 saturated heterocycles. The number of imidazole rings is 1. The summed E-state index contributed by atoms with van der Waals surface area (Å²) in [6.07, 6.45) is 2.49. The Morgan fingerprint density at radius 2 is 1.28 bits per heavy atom. The van der Waals surface area contributed by atoms with Crippen molar-refractivity contribution in [2.75, 3.05) is 0 Å². The van der Waals surface area contributed by atoms with Crippen LogP contribution < -0.4 is 0 Å². The molecule has 0 saturated carbocycles. The maximum atomic E-state index is 13.6. The number of aryl methyl sites for hydroxylation is 3. The summed E-state index contributed by atoms with van der Waals surface area (Å²) in [6, 6.07) is 28.9. The molecular weight excluding hydrogens is 785 g/mol. The van der Waals surface area contributed by atoms with Crippen molar-refractivity contribution in [3.05, 3.63) is 143 Å². The van der Waals surface area contributed by atoms with E-state index < -0.39 is 20.9 Å². The number of sulfone groups is 1. The number of H-pyrrole nitrogens is 1. The van der Waals surface area contributed by atoms with E-state index in [2.05, 4.69) is 50.5 Å². The Morgan fingerprint density at radius 3 is 1.85 bits per heavy atom. The van der Waals surface area contributed by atoms with Gasteiger partial charge in [-0.25, -0.2) is 31.5 Å². The second-order valence-corrected chi connectivity index (χ2v) is 16.8. The molecule has 0 fully saturated rings. The molecule has 8 aromatic rings. The molecule has 0 bridgehead atoms. The molecule has 0 spiro atoms. The SMILES string of the molecule is CC(C)n1nnc2ccc(C=O)cc21.Cc1cc(-c2nc[nH]c2-c2ccc3nnn(C(C)C)c3c2)ccc1F.Cc1ccc(S(=O)(=O)C(C#N)c2ccc(F)c(C)c2)cc1. The van der Waals surface area contributed by atoms with Gasteiger partial charge in [-0.05, 0) is 132 Å². The van der Waals surface area contributed by atoms with E-state index in [1.54, 1.807) is 37.5 Å². The molecule has 3 heterocycles. The summed E-state index contributed by atoms with van der Waals surface area (Å²) < 4.78 is 55.7. The molecule has 60 heavy (non-hydrogen) atoms. The number of nitrogens with zero attached hydrogens (tertiary/aromatic N) is 8. The number of halogens is 2. The van der Waals surface area contributed by atoms with Crippen LogP contribution in [0.1, 0.15) is 77.6 Å². The van der Waals surface area contributed by atoms with Crippen LogP contribution in [0.15, 0.2) is 108 Å². The van der Waals surface area contributed by atoms with Crippen molar-refractivity contribution in [1.82, 2.24) is 40.0 Å². The van der Waals surface area contributed by atoms with E-state index in [1.807, 2.05) is 66.5 Å². The number of aromatic nitrogens is 8. The van der Waals surface area contributed by atoms with Crippen LogP contribution >= 0.6 is 0 Å². The second-order valence-electron chi connectivity index (χ2n) is 14.8. The molecule has 0 amide bonds. The molecule has 306 valence electrons. The Hall–Kier alpha value is -6.92. The molecule has 0 aliphatic rings. The normalized spacial score (nSPS) is 11.8. The molecule has 15 heteroatoms. The lowest BCUT2D eigenvalue weighted by Crippen LogP contribution is -2.12. The molecule has 12 nitrogen and oxygen atoms in total. The quantitative estimate of drug-likeness (QED) is 0.147. The van der Waals surface area contributed by atoms with Crippen LogP contribution in [0, 0.1) is 43.7 Å². The average molecular weight is 828 g/mol. The van der Waals surface area contributed by atoms with Gasteiger partial charge in [0.1, 0.15) is 29.0 Å². The molecule has 1 atom stereocenters. The lowest BCUT2D eigenvalue weighted by Gasteiger charge is -2.12. The Bertz CT molecular complexity index is 2970. The fourth-order valence-corrected chi connectivity index (χ4v) is 7.86. The highest BCUT2D eigenvalue weighted by molar-refractivity contribution is 7.92. The molecule has 1 unspecified atom stereocenters. The summed E-state index contributed by atoms with van der Waals surface area (Å²) in [5.41, 5.74) is 9.90. The largest absolute Gasteiger partial charge is 0.344 e. The highest BCUT2D eigenvalue weighted by atomic mass is 32.2. The van der Waals surface area contributed by atoms with Gasteiger partial charge in [0.25, 0.3) is 0 Å². The number of nitriles is 1. The number of fused-ring (bicyclic) bond motifs is 2. The summed E-state index contributed by atoms with van der Waals surface area (Å²) >= 11 is 0. The third kappa shape index (κ3) is 9.03. The molecule has 1 N–H and O–H groups in total. The smallest absolute Gasteiger partial charge is 0.198 e. The molecule has 3 aromatic heterocycles. The predicted octanol–water partition coefficient (Wildman–Crippen LogP) is 9.82. The average Bonchev–Trinajstić information content (AvgIpc) is 4.00. The summed E-state index contributed by atoms with van der Waals surface area (Å²) in [5.74, 6) is -0.641. The highest BCUT2D eigenvalue weighted by Crippen LogP contribution is 2.32. The van der Waals surface area contributed by atoms with Gasteiger partial charge in [0.15, 0.2) is 15.1 Å². The zero-order valence-electron chi connectivity index (χ0n) is 34.1. The first-order valence-electron chi connectivity index (χ1n) is 19.0. The van der Waals surface area contributed by atoms with Crippen molar-refractivity contribution in [1.29, 1.82) is 5.26 Å². The van der Waals surface area contributed by atoms with Gasteiger partial charge in [-0.2, -0.15) is 5.26 Å². The lowest BCUT2D eigenvalue weighted by molar-refractivity contribution is 0.112. The first-order chi connectivity index (χ1) is 28.6. The van der Waals surface area contributed by atoms with Crippen molar-refractivity contribution >= 4 is 38.2 Å². The van der Waals surface area contributed by atoms with Crippen molar-refractivity contribution < 1.29 is 22.0 Å². The van der Waals surface area contributed by atoms with Crippen LogP contribution in [-0.4, -0.2) is 54.7 Å². The lowest BCUT2D eigenvalue weighted by atomic mass is 10.0. The van der Waals surface area contributed by atoms with E-state index in [1.165, 1.54) is 43.3 Å². The zero-order valence-corrected chi connectivity index (χ0v) is 34.9. The topological polar surface area (TPSA) is 165 Å². The minimum atomic E-state index is -3.83. The van der Waals surface area contributed by atoms with Crippen molar-refractivity contribution in [3.8, 4) is 28.6 Å². The van der Waals surface area contributed by atoms with Crippen LogP contribution in [0.25, 0.3) is 44.6 Å². The van der Waals surface area contributed by atoms with Crippen LogP contribution in [0.3, 0.4) is 0 Å². The maximum Gasteiger partial charge on any atom is 0.198 e. The van der Waals surface area contributed by atoms with Gasteiger partial charge in [-0.15, -0.1) is 10.2 Å². The third-order valence-corrected chi connectivity index (χ3v) is 11.6. The van der Waals surface area contributed by atoms with Gasteiger partial charge in [0, 0.05) is 28.8 Å². The molecule has 0 aliphatic heterocycles. The number of benzene rings is 5. The summed E-state index contributed by atoms with van der Waals surface area (Å²) in [5, 5.41) is 24.4. The Labute approximate surface area is 346 Å². The van der Waals surface area contributed by atoms with E-state index in [4.69, 9.17) is 0 Å². The van der Waals surface area contributed by atoms with Gasteiger partial charge in [0.2, 0.25) is 0 Å². The van der Waals surface area contributed by atoms with Gasteiger partial charge >= 0.3 is 0 Å². The number of carbonyl (C=O) groups is 1. The molecular formula is C45H43F2N9O3S. The number of rotatable bonds is 8. The van der Waals surface area contributed by atoms with E-state index >= 15 is 0 Å². The van der Waals surface area contributed by atoms with Crippen molar-refractivity contribution in [3.63, 3.8) is 0 Å². The number of nitrogens with one attached hydrogen (secondary N) is 1. The summed E-state index contributed by atoms with van der Waals surface area (Å²) in [7, 11) is -3.83. The second kappa shape index (κ2) is 17.9. The van der Waals surface area contributed by atoms with Gasteiger partial charge in [0.05, 0.1) is 39.7 Å². The molecule has 5 aromatic carbocycles. The van der Waals surface area contributed by atoms with E-state index in [-0.39, 0.29) is 28.4 Å². The molecule has 0 aliphatic carbocycles. The Kier molecular flexibility index (Phi) is 12.7. The summed E-state index contributed by atoms with van der Waals surface area (Å²) in [4.78, 5) is 18.3. The van der Waals surface area contributed by atoms with E-state index in [9.17, 15) is 27.3 Å². The third-order valence-electron chi connectivity index (χ3n) is 9.70. The molecule has 0 radical (unpaired) electrons. The van der Waals surface area contributed by atoms with Crippen LogP contribution in [0.5, 0.6) is 0 Å². The number of aldehydes is 1. The molecule has 8 rings (SSSR count). The van der Waals surface area contributed by atoms with Gasteiger partial charge < -0.3 is 4.98 Å². The number of carbonyl (C=O) groups excluding carboxylic acids is 1. The first kappa shape index (κ1) is 42.7. The van der Waals surface area contributed by atoms with Crippen molar-refractivity contribution in [2.24, 2.45) is 0 Å². The van der Waals surface area contributed by atoms with Crippen LogP contribution in [-0.2, 0) is 9.84 Å². The first-order valence-corrected chi connectivity index (χ1v) is 20.6. The van der Waals surface area contributed by atoms with Gasteiger partial charge in [-0.1, -0.05) is 46.3 Å². The van der Waals surface area contributed by atoms with Crippen LogP contribution in [0.4, 0.5) is 8.78 Å². The number of aromatic amines is 1. The predicted molar refractivity (Wildman–Crippen MR) is 227 cm³/mol. The zero-order chi connectivity index (χ0) is 43.3. The number of hydrogen-bond donors (Lipinski definition) is 1. The standard InChI is InChI=1S/C19H18FN5.C16H14FNO2S.C10H11N3O/c1-11(2)25-17-9-14(5-7-16(17)23-24-25)19-18(21-10-22-19)13-4-6-15(20)12(3)8-13;1-11-3-6-14(7-4-11)21(19,20)16(10-18)13-5-8-15(17)12(2)9-13;1-7(2)13-10-5-8(6-14)3-4-9(10)11-12-13/h4-11H,1-3H3,(H,21,22);3-9,16H,1-2H3;3-7H,1-2H3. The highest BCUT2D eigenvalue weighted by Gasteiger charge is 2.29. The Morgan fingerprint density at radius 1 is 0.717 bits per heavy atom. The number of hydrogen-bond acceptors (Lipinski definition) is 9. The van der Waals surface area contributed by atoms with E-state index in [0.717, 1.165) is 56.4 Å². The van der Waals surface area contributed by atoms with E-state index in [0.29, 0.717) is 16.7 Å². The van der Waals surface area contributed by atoms with Gasteiger partial charge in [-0.3, -0.25) is 4.79 Å². The maximum absolute atomic E-state index is 13.6.